The van der Waals surface area contributed by atoms with Crippen LogP contribution in [0.5, 0.6) is 0 Å². The van der Waals surface area contributed by atoms with Crippen LogP contribution in [0.4, 0.5) is 0 Å². The number of carbonyl (C=O) groups excluding carboxylic acids is 2. The molecule has 0 saturated heterocycles. The molecule has 0 aromatic carbocycles. The third-order valence-corrected chi connectivity index (χ3v) is 1.50. The third-order valence-electron chi connectivity index (χ3n) is 1.50. The Kier molecular flexibility index (Phi) is 3.68. The number of furan rings is 1. The summed E-state index contributed by atoms with van der Waals surface area (Å²) in [6.07, 6.45) is 2.62. The van der Waals surface area contributed by atoms with E-state index in [9.17, 15) is 9.59 Å². The minimum atomic E-state index is -0.689. The van der Waals surface area contributed by atoms with E-state index >= 15 is 0 Å². The topological polar surface area (TPSA) is 82.5 Å². The van der Waals surface area contributed by atoms with Gasteiger partial charge in [-0.15, -0.1) is 0 Å². The number of aryl methyl sites for hydroxylation is 1. The molecule has 0 aliphatic rings. The molecule has 1 heterocycles. The highest BCUT2D eigenvalue weighted by molar-refractivity contribution is 5.88. The maximum absolute atomic E-state index is 11.0. The molecule has 2 N–H and O–H groups in total. The molecule has 1 amide bonds. The van der Waals surface area contributed by atoms with Crippen LogP contribution in [0.3, 0.4) is 0 Å². The molecule has 0 spiro atoms. The van der Waals surface area contributed by atoms with E-state index in [1.165, 1.54) is 12.2 Å². The summed E-state index contributed by atoms with van der Waals surface area (Å²) < 4.78 is 9.66. The number of primary amides is 1. The van der Waals surface area contributed by atoms with Crippen molar-refractivity contribution in [2.75, 3.05) is 6.61 Å². The van der Waals surface area contributed by atoms with Gasteiger partial charge in [0.25, 0.3) is 5.91 Å². The molecule has 0 atom stereocenters. The summed E-state index contributed by atoms with van der Waals surface area (Å²) >= 11 is 0. The Morgan fingerprint density at radius 2 is 2.27 bits per heavy atom. The lowest BCUT2D eigenvalue weighted by Gasteiger charge is -1.95. The van der Waals surface area contributed by atoms with Crippen LogP contribution in [0, 0.1) is 6.92 Å². The van der Waals surface area contributed by atoms with Crippen molar-refractivity contribution in [3.8, 4) is 0 Å². The lowest BCUT2D eigenvalue weighted by molar-refractivity contribution is -0.142. The van der Waals surface area contributed by atoms with Gasteiger partial charge in [0.15, 0.2) is 6.61 Å². The highest BCUT2D eigenvalue weighted by Gasteiger charge is 2.00. The highest BCUT2D eigenvalue weighted by Crippen LogP contribution is 2.07. The first-order valence-corrected chi connectivity index (χ1v) is 4.27. The summed E-state index contributed by atoms with van der Waals surface area (Å²) in [4.78, 5) is 21.3. The number of ether oxygens (including phenoxy) is 1. The Labute approximate surface area is 86.5 Å². The Morgan fingerprint density at radius 3 is 2.80 bits per heavy atom. The SMILES string of the molecule is Cc1ccc(/C=C\C(=O)OCC(N)=O)o1. The normalized spacial score (nSPS) is 10.5. The summed E-state index contributed by atoms with van der Waals surface area (Å²) in [6, 6.07) is 3.49. The van der Waals surface area contributed by atoms with Crippen LogP contribution in [-0.2, 0) is 14.3 Å². The van der Waals surface area contributed by atoms with Crippen LogP contribution >= 0.6 is 0 Å². The van der Waals surface area contributed by atoms with E-state index in [1.807, 2.05) is 0 Å². The Hall–Kier alpha value is -2.04. The minimum absolute atomic E-state index is 0.416. The second-order valence-electron chi connectivity index (χ2n) is 2.86. The van der Waals surface area contributed by atoms with Crippen molar-refractivity contribution >= 4 is 18.0 Å². The number of carbonyl (C=O) groups is 2. The fourth-order valence-corrected chi connectivity index (χ4v) is 0.884. The molecule has 5 heteroatoms. The van der Waals surface area contributed by atoms with Crippen molar-refractivity contribution in [2.24, 2.45) is 5.73 Å². The van der Waals surface area contributed by atoms with Crippen LogP contribution in [0.15, 0.2) is 22.6 Å². The molecular weight excluding hydrogens is 198 g/mol. The fraction of sp³-hybridized carbons (Fsp3) is 0.200. The molecule has 5 nitrogen and oxygen atoms in total. The maximum atomic E-state index is 11.0. The number of hydrogen-bond acceptors (Lipinski definition) is 4. The first kappa shape index (κ1) is 11.0. The van der Waals surface area contributed by atoms with Crippen LogP contribution < -0.4 is 5.73 Å². The Bertz CT molecular complexity index is 392. The molecule has 0 aliphatic heterocycles. The van der Waals surface area contributed by atoms with Crippen LogP contribution in [0.2, 0.25) is 0 Å². The predicted octanol–water partition coefficient (Wildman–Crippen LogP) is 0.630. The molecule has 0 fully saturated rings. The summed E-state index contributed by atoms with van der Waals surface area (Å²) in [6.45, 7) is 1.38. The van der Waals surface area contributed by atoms with E-state index in [1.54, 1.807) is 19.1 Å². The minimum Gasteiger partial charge on any atom is -0.462 e. The molecule has 1 aromatic heterocycles. The molecule has 15 heavy (non-hydrogen) atoms. The summed E-state index contributed by atoms with van der Waals surface area (Å²) in [5.41, 5.74) is 4.79. The zero-order valence-corrected chi connectivity index (χ0v) is 8.23. The van der Waals surface area contributed by atoms with Gasteiger partial charge in [-0.3, -0.25) is 4.79 Å². The first-order valence-electron chi connectivity index (χ1n) is 4.27. The van der Waals surface area contributed by atoms with E-state index in [0.29, 0.717) is 5.76 Å². The van der Waals surface area contributed by atoms with Crippen molar-refractivity contribution in [3.05, 3.63) is 29.7 Å². The van der Waals surface area contributed by atoms with Gasteiger partial charge in [0.05, 0.1) is 0 Å². The van der Waals surface area contributed by atoms with Crippen molar-refractivity contribution in [1.29, 1.82) is 0 Å². The van der Waals surface area contributed by atoms with Crippen LogP contribution in [-0.4, -0.2) is 18.5 Å². The van der Waals surface area contributed by atoms with Gasteiger partial charge in [-0.25, -0.2) is 4.79 Å². The molecule has 0 aliphatic carbocycles. The van der Waals surface area contributed by atoms with Gasteiger partial charge in [-0.2, -0.15) is 0 Å². The molecule has 0 saturated carbocycles. The second-order valence-corrected chi connectivity index (χ2v) is 2.86. The van der Waals surface area contributed by atoms with E-state index in [4.69, 9.17) is 10.2 Å². The van der Waals surface area contributed by atoms with Crippen molar-refractivity contribution in [2.45, 2.75) is 6.92 Å². The van der Waals surface area contributed by atoms with Gasteiger partial charge >= 0.3 is 5.97 Å². The number of esters is 1. The van der Waals surface area contributed by atoms with Gasteiger partial charge < -0.3 is 14.9 Å². The van der Waals surface area contributed by atoms with E-state index in [0.717, 1.165) is 5.76 Å². The van der Waals surface area contributed by atoms with Gasteiger partial charge in [-0.1, -0.05) is 0 Å². The van der Waals surface area contributed by atoms with Crippen LogP contribution in [0.1, 0.15) is 11.5 Å². The predicted molar refractivity (Wildman–Crippen MR) is 52.6 cm³/mol. The van der Waals surface area contributed by atoms with E-state index in [-0.39, 0.29) is 0 Å². The van der Waals surface area contributed by atoms with Crippen molar-refractivity contribution in [3.63, 3.8) is 0 Å². The lowest BCUT2D eigenvalue weighted by atomic mass is 10.4. The molecule has 0 radical (unpaired) electrons. The number of nitrogens with two attached hydrogens (primary N) is 1. The summed E-state index contributed by atoms with van der Waals surface area (Å²) in [5.74, 6) is -0.0304. The van der Waals surface area contributed by atoms with Crippen molar-refractivity contribution in [1.82, 2.24) is 0 Å². The zero-order chi connectivity index (χ0) is 11.3. The van der Waals surface area contributed by atoms with Crippen molar-refractivity contribution < 1.29 is 18.7 Å². The quantitative estimate of drug-likeness (QED) is 0.582. The summed E-state index contributed by atoms with van der Waals surface area (Å²) in [7, 11) is 0. The average Bonchev–Trinajstić information content (AvgIpc) is 2.58. The second kappa shape index (κ2) is 4.99. The smallest absolute Gasteiger partial charge is 0.331 e. The number of rotatable bonds is 4. The lowest BCUT2D eigenvalue weighted by Crippen LogP contribution is -2.19. The van der Waals surface area contributed by atoms with Gasteiger partial charge in [0.1, 0.15) is 11.5 Å². The van der Waals surface area contributed by atoms with E-state index < -0.39 is 18.5 Å². The maximum Gasteiger partial charge on any atom is 0.331 e. The summed E-state index contributed by atoms with van der Waals surface area (Å²) in [5, 5.41) is 0. The zero-order valence-electron chi connectivity index (χ0n) is 8.23. The highest BCUT2D eigenvalue weighted by atomic mass is 16.5. The first-order chi connectivity index (χ1) is 7.08. The van der Waals surface area contributed by atoms with Gasteiger partial charge in [0.2, 0.25) is 0 Å². The standard InChI is InChI=1S/C10H11NO4/c1-7-2-3-8(15-7)4-5-10(13)14-6-9(11)12/h2-5H,6H2,1H3,(H2,11,12)/b5-4-. The molecule has 0 bridgehead atoms. The Balaban J connectivity index is 2.44. The molecule has 1 rings (SSSR count). The number of amides is 1. The Morgan fingerprint density at radius 1 is 1.53 bits per heavy atom. The van der Waals surface area contributed by atoms with E-state index in [2.05, 4.69) is 4.74 Å². The monoisotopic (exact) mass is 209 g/mol. The van der Waals surface area contributed by atoms with Gasteiger partial charge in [0, 0.05) is 6.08 Å². The molecular formula is C10H11NO4. The molecule has 80 valence electrons. The molecule has 1 aromatic rings. The largest absolute Gasteiger partial charge is 0.462 e. The van der Waals surface area contributed by atoms with Gasteiger partial charge in [-0.05, 0) is 25.1 Å². The third kappa shape index (κ3) is 4.12. The fourth-order valence-electron chi connectivity index (χ4n) is 0.884. The average molecular weight is 209 g/mol. The number of hydrogen-bond donors (Lipinski definition) is 1. The van der Waals surface area contributed by atoms with Crippen LogP contribution in [0.25, 0.3) is 6.08 Å². The molecule has 0 unspecified atom stereocenters.